The Bertz CT molecular complexity index is 474. The summed E-state index contributed by atoms with van der Waals surface area (Å²) in [5.41, 5.74) is 0. The van der Waals surface area contributed by atoms with E-state index >= 15 is 0 Å². The molecule has 6 heteroatoms. The van der Waals surface area contributed by atoms with E-state index in [9.17, 15) is 8.42 Å². The summed E-state index contributed by atoms with van der Waals surface area (Å²) < 4.78 is 31.2. The van der Waals surface area contributed by atoms with Crippen LogP contribution in [0.5, 0.6) is 5.75 Å². The van der Waals surface area contributed by atoms with E-state index in [1.54, 1.807) is 0 Å². The highest BCUT2D eigenvalue weighted by Crippen LogP contribution is 2.26. The standard InChI is InChI=1S/C11H16ClNO3S/c1-3-4-7-13-17(14,15)9-5-6-11(16-2)10(12)8-9/h5-6,8,13H,3-4,7H2,1-2H3. The van der Waals surface area contributed by atoms with Crippen LogP contribution in [0.3, 0.4) is 0 Å². The number of methoxy groups -OCH3 is 1. The van der Waals surface area contributed by atoms with Gasteiger partial charge in [-0.15, -0.1) is 0 Å². The molecule has 96 valence electrons. The average Bonchev–Trinajstić information content (AvgIpc) is 2.29. The third-order valence-corrected chi connectivity index (χ3v) is 4.01. The quantitative estimate of drug-likeness (QED) is 0.813. The Kier molecular flexibility index (Phi) is 5.24. The molecule has 0 amide bonds. The lowest BCUT2D eigenvalue weighted by atomic mass is 10.3. The van der Waals surface area contributed by atoms with Gasteiger partial charge in [-0.3, -0.25) is 0 Å². The second-order valence-corrected chi connectivity index (χ2v) is 5.72. The van der Waals surface area contributed by atoms with Gasteiger partial charge < -0.3 is 4.74 Å². The van der Waals surface area contributed by atoms with Crippen LogP contribution >= 0.6 is 11.6 Å². The van der Waals surface area contributed by atoms with Crippen LogP contribution in [0.25, 0.3) is 0 Å². The summed E-state index contributed by atoms with van der Waals surface area (Å²) in [4.78, 5) is 0.152. The van der Waals surface area contributed by atoms with E-state index in [-0.39, 0.29) is 9.92 Å². The van der Waals surface area contributed by atoms with E-state index < -0.39 is 10.0 Å². The third-order valence-electron chi connectivity index (χ3n) is 2.26. The van der Waals surface area contributed by atoms with E-state index in [1.807, 2.05) is 6.92 Å². The highest BCUT2D eigenvalue weighted by atomic mass is 35.5. The highest BCUT2D eigenvalue weighted by molar-refractivity contribution is 7.89. The molecule has 1 N–H and O–H groups in total. The number of rotatable bonds is 6. The number of nitrogens with one attached hydrogen (secondary N) is 1. The second kappa shape index (κ2) is 6.23. The maximum absolute atomic E-state index is 11.8. The second-order valence-electron chi connectivity index (χ2n) is 3.55. The Hall–Kier alpha value is -0.780. The Labute approximate surface area is 107 Å². The molecule has 0 aromatic heterocycles. The van der Waals surface area contributed by atoms with Crippen LogP contribution < -0.4 is 9.46 Å². The zero-order valence-corrected chi connectivity index (χ0v) is 11.4. The molecule has 0 saturated carbocycles. The number of unbranched alkanes of at least 4 members (excludes halogenated alkanes) is 1. The zero-order valence-electron chi connectivity index (χ0n) is 9.86. The van der Waals surface area contributed by atoms with Crippen LogP contribution in [0.2, 0.25) is 5.02 Å². The van der Waals surface area contributed by atoms with Crippen LogP contribution in [-0.2, 0) is 10.0 Å². The van der Waals surface area contributed by atoms with Gasteiger partial charge in [0.15, 0.2) is 0 Å². The number of hydrogen-bond acceptors (Lipinski definition) is 3. The van der Waals surface area contributed by atoms with Crippen LogP contribution in [0.15, 0.2) is 23.1 Å². The Morgan fingerprint density at radius 1 is 1.41 bits per heavy atom. The molecule has 1 aromatic rings. The molecule has 0 heterocycles. The molecule has 0 unspecified atom stereocenters. The Morgan fingerprint density at radius 3 is 2.65 bits per heavy atom. The molecule has 0 fully saturated rings. The highest BCUT2D eigenvalue weighted by Gasteiger charge is 2.14. The predicted octanol–water partition coefficient (Wildman–Crippen LogP) is 2.43. The number of sulfonamides is 1. The topological polar surface area (TPSA) is 55.4 Å². The zero-order chi connectivity index (χ0) is 12.9. The van der Waals surface area contributed by atoms with Gasteiger partial charge in [0.1, 0.15) is 5.75 Å². The molecule has 1 rings (SSSR count). The van der Waals surface area contributed by atoms with Crippen molar-refractivity contribution in [1.29, 1.82) is 0 Å². The lowest BCUT2D eigenvalue weighted by Gasteiger charge is -2.08. The normalized spacial score (nSPS) is 11.5. The third kappa shape index (κ3) is 3.87. The maximum Gasteiger partial charge on any atom is 0.240 e. The fraction of sp³-hybridized carbons (Fsp3) is 0.455. The summed E-state index contributed by atoms with van der Waals surface area (Å²) >= 11 is 5.88. The van der Waals surface area contributed by atoms with E-state index in [1.165, 1.54) is 25.3 Å². The van der Waals surface area contributed by atoms with Gasteiger partial charge in [-0.05, 0) is 24.6 Å². The molecular formula is C11H16ClNO3S. The Morgan fingerprint density at radius 2 is 2.12 bits per heavy atom. The summed E-state index contributed by atoms with van der Waals surface area (Å²) in [7, 11) is -1.99. The molecule has 0 saturated heterocycles. The predicted molar refractivity (Wildman–Crippen MR) is 68.1 cm³/mol. The number of halogens is 1. The van der Waals surface area contributed by atoms with E-state index in [4.69, 9.17) is 16.3 Å². The summed E-state index contributed by atoms with van der Waals surface area (Å²) in [6.07, 6.45) is 1.75. The average molecular weight is 278 g/mol. The molecule has 0 radical (unpaired) electrons. The van der Waals surface area contributed by atoms with Crippen LogP contribution in [0, 0.1) is 0 Å². The van der Waals surface area contributed by atoms with Crippen molar-refractivity contribution in [2.45, 2.75) is 24.7 Å². The first-order valence-electron chi connectivity index (χ1n) is 5.34. The van der Waals surface area contributed by atoms with Gasteiger partial charge in [0.25, 0.3) is 0 Å². The molecule has 0 aliphatic heterocycles. The van der Waals surface area contributed by atoms with Crippen molar-refractivity contribution in [3.8, 4) is 5.75 Å². The van der Waals surface area contributed by atoms with Crippen molar-refractivity contribution >= 4 is 21.6 Å². The van der Waals surface area contributed by atoms with Crippen LogP contribution in [0.1, 0.15) is 19.8 Å². The van der Waals surface area contributed by atoms with Crippen molar-refractivity contribution < 1.29 is 13.2 Å². The van der Waals surface area contributed by atoms with E-state index in [0.717, 1.165) is 12.8 Å². The molecule has 17 heavy (non-hydrogen) atoms. The molecule has 0 atom stereocenters. The number of hydrogen-bond donors (Lipinski definition) is 1. The lowest BCUT2D eigenvalue weighted by molar-refractivity contribution is 0.414. The summed E-state index contributed by atoms with van der Waals surface area (Å²) in [5.74, 6) is 0.458. The van der Waals surface area contributed by atoms with Crippen molar-refractivity contribution in [3.63, 3.8) is 0 Å². The van der Waals surface area contributed by atoms with E-state index in [0.29, 0.717) is 12.3 Å². The minimum Gasteiger partial charge on any atom is -0.495 e. The number of benzene rings is 1. The van der Waals surface area contributed by atoms with Gasteiger partial charge in [0.05, 0.1) is 17.0 Å². The van der Waals surface area contributed by atoms with E-state index in [2.05, 4.69) is 4.72 Å². The van der Waals surface area contributed by atoms with Gasteiger partial charge >= 0.3 is 0 Å². The maximum atomic E-state index is 11.8. The van der Waals surface area contributed by atoms with Crippen molar-refractivity contribution in [1.82, 2.24) is 4.72 Å². The minimum absolute atomic E-state index is 0.152. The molecule has 4 nitrogen and oxygen atoms in total. The molecule has 0 bridgehead atoms. The fourth-order valence-electron chi connectivity index (χ4n) is 1.28. The summed E-state index contributed by atoms with van der Waals surface area (Å²) in [6, 6.07) is 4.39. The van der Waals surface area contributed by atoms with Crippen LogP contribution in [-0.4, -0.2) is 22.1 Å². The lowest BCUT2D eigenvalue weighted by Crippen LogP contribution is -2.24. The van der Waals surface area contributed by atoms with Gasteiger partial charge in [0.2, 0.25) is 10.0 Å². The molecular weight excluding hydrogens is 262 g/mol. The first kappa shape index (κ1) is 14.3. The monoisotopic (exact) mass is 277 g/mol. The first-order chi connectivity index (χ1) is 8.01. The minimum atomic E-state index is -3.47. The molecule has 1 aromatic carbocycles. The van der Waals surface area contributed by atoms with Crippen molar-refractivity contribution in [2.24, 2.45) is 0 Å². The number of ether oxygens (including phenoxy) is 1. The van der Waals surface area contributed by atoms with Gasteiger partial charge in [-0.1, -0.05) is 24.9 Å². The van der Waals surface area contributed by atoms with Gasteiger partial charge in [0, 0.05) is 6.54 Å². The molecule has 0 aliphatic rings. The largest absolute Gasteiger partial charge is 0.495 e. The summed E-state index contributed by atoms with van der Waals surface area (Å²) in [5, 5.41) is 0.283. The smallest absolute Gasteiger partial charge is 0.240 e. The first-order valence-corrected chi connectivity index (χ1v) is 7.20. The SMILES string of the molecule is CCCCNS(=O)(=O)c1ccc(OC)c(Cl)c1. The van der Waals surface area contributed by atoms with Gasteiger partial charge in [-0.25, -0.2) is 13.1 Å². The van der Waals surface area contributed by atoms with Crippen molar-refractivity contribution in [3.05, 3.63) is 23.2 Å². The van der Waals surface area contributed by atoms with Gasteiger partial charge in [-0.2, -0.15) is 0 Å². The molecule has 0 spiro atoms. The van der Waals surface area contributed by atoms with Crippen LogP contribution in [0.4, 0.5) is 0 Å². The molecule has 0 aliphatic carbocycles. The fourth-order valence-corrected chi connectivity index (χ4v) is 2.70. The van der Waals surface area contributed by atoms with Crippen molar-refractivity contribution in [2.75, 3.05) is 13.7 Å². The summed E-state index contributed by atoms with van der Waals surface area (Å²) in [6.45, 7) is 2.43. The Balaban J connectivity index is 2.88.